The quantitative estimate of drug-likeness (QED) is 0.677. The normalized spacial score (nSPS) is 5.92. The Balaban J connectivity index is -0.000000120. The molecule has 0 radical (unpaired) electrons. The monoisotopic (exact) mass is 206 g/mol. The van der Waals surface area contributed by atoms with Crippen LogP contribution in [0.3, 0.4) is 0 Å². The van der Waals surface area contributed by atoms with Crippen LogP contribution in [0.15, 0.2) is 37.4 Å². The summed E-state index contributed by atoms with van der Waals surface area (Å²) < 4.78 is 0. The maximum atomic E-state index is 9.25. The molecular weight excluding hydrogens is 196 g/mol. The van der Waals surface area contributed by atoms with Crippen molar-refractivity contribution in [1.82, 2.24) is 0 Å². The van der Waals surface area contributed by atoms with Crippen LogP contribution >= 0.6 is 11.6 Å². The van der Waals surface area contributed by atoms with Gasteiger partial charge in [-0.25, -0.2) is 9.59 Å². The molecule has 0 aromatic heterocycles. The molecule has 0 unspecified atom stereocenters. The number of halogens is 1. The zero-order valence-corrected chi connectivity index (χ0v) is 7.70. The van der Waals surface area contributed by atoms with Gasteiger partial charge < -0.3 is 10.2 Å². The highest BCUT2D eigenvalue weighted by Gasteiger charge is 1.73. The number of carbonyl (C=O) groups is 2. The summed E-state index contributed by atoms with van der Waals surface area (Å²) in [5.41, 5.74) is 1.22. The van der Waals surface area contributed by atoms with Crippen LogP contribution in [-0.4, -0.2) is 22.2 Å². The molecular formula is C8H11ClO4. The molecule has 0 heterocycles. The second kappa shape index (κ2) is 16.8. The molecule has 0 saturated carbocycles. The topological polar surface area (TPSA) is 74.6 Å². The van der Waals surface area contributed by atoms with E-state index in [1.165, 1.54) is 5.54 Å². The van der Waals surface area contributed by atoms with E-state index in [2.05, 4.69) is 19.7 Å². The predicted molar refractivity (Wildman–Crippen MR) is 51.7 cm³/mol. The first-order valence-corrected chi connectivity index (χ1v) is 3.31. The Hall–Kier alpha value is -1.55. The Bertz CT molecular complexity index is 169. The number of hydrogen-bond acceptors (Lipinski definition) is 2. The van der Waals surface area contributed by atoms with Crippen LogP contribution in [-0.2, 0) is 9.59 Å². The van der Waals surface area contributed by atoms with Crippen molar-refractivity contribution in [2.24, 2.45) is 0 Å². The van der Waals surface area contributed by atoms with Gasteiger partial charge >= 0.3 is 11.9 Å². The Morgan fingerprint density at radius 3 is 1.08 bits per heavy atom. The van der Waals surface area contributed by atoms with Crippen molar-refractivity contribution in [2.75, 3.05) is 0 Å². The Labute approximate surface area is 81.5 Å². The highest BCUT2D eigenvalue weighted by atomic mass is 35.5. The van der Waals surface area contributed by atoms with Crippen LogP contribution < -0.4 is 0 Å². The van der Waals surface area contributed by atoms with Crippen molar-refractivity contribution in [2.45, 2.75) is 0 Å². The molecule has 0 aliphatic heterocycles. The molecule has 0 saturated heterocycles. The Morgan fingerprint density at radius 2 is 1.08 bits per heavy atom. The largest absolute Gasteiger partial charge is 0.478 e. The Kier molecular flexibility index (Phi) is 22.6. The molecule has 74 valence electrons. The van der Waals surface area contributed by atoms with E-state index >= 15 is 0 Å². The number of aliphatic carboxylic acids is 2. The lowest BCUT2D eigenvalue weighted by Gasteiger charge is -1.64. The van der Waals surface area contributed by atoms with E-state index in [9.17, 15) is 9.59 Å². The van der Waals surface area contributed by atoms with Gasteiger partial charge in [-0.1, -0.05) is 31.3 Å². The summed E-state index contributed by atoms with van der Waals surface area (Å²) in [7, 11) is 0. The average Bonchev–Trinajstić information content (AvgIpc) is 2.07. The van der Waals surface area contributed by atoms with Gasteiger partial charge in [0.15, 0.2) is 0 Å². The first-order chi connectivity index (χ1) is 5.95. The van der Waals surface area contributed by atoms with Crippen LogP contribution in [0.5, 0.6) is 0 Å². The molecule has 0 aromatic carbocycles. The highest BCUT2D eigenvalue weighted by molar-refractivity contribution is 6.25. The van der Waals surface area contributed by atoms with E-state index in [1.807, 2.05) is 0 Å². The predicted octanol–water partition coefficient (Wildman–Crippen LogP) is 1.88. The molecule has 5 heteroatoms. The van der Waals surface area contributed by atoms with E-state index in [4.69, 9.17) is 21.8 Å². The van der Waals surface area contributed by atoms with Gasteiger partial charge in [-0.2, -0.15) is 0 Å². The SMILES string of the molecule is C=CC(=O)O.C=CC(=O)O.C=CCl. The molecule has 0 atom stereocenters. The van der Waals surface area contributed by atoms with Gasteiger partial charge in [0.25, 0.3) is 0 Å². The smallest absolute Gasteiger partial charge is 0.327 e. The molecule has 4 nitrogen and oxygen atoms in total. The van der Waals surface area contributed by atoms with Crippen molar-refractivity contribution in [3.8, 4) is 0 Å². The van der Waals surface area contributed by atoms with E-state index in [0.29, 0.717) is 0 Å². The highest BCUT2D eigenvalue weighted by Crippen LogP contribution is 1.60. The van der Waals surface area contributed by atoms with Crippen molar-refractivity contribution in [3.63, 3.8) is 0 Å². The summed E-state index contributed by atoms with van der Waals surface area (Å²) in [4.78, 5) is 18.5. The third kappa shape index (κ3) is 124. The number of hydrogen-bond donors (Lipinski definition) is 2. The van der Waals surface area contributed by atoms with Gasteiger partial charge in [0.1, 0.15) is 0 Å². The van der Waals surface area contributed by atoms with Crippen LogP contribution in [0.2, 0.25) is 0 Å². The minimum Gasteiger partial charge on any atom is -0.478 e. The molecule has 0 fully saturated rings. The zero-order chi connectivity index (χ0) is 11.3. The maximum absolute atomic E-state index is 9.25. The lowest BCUT2D eigenvalue weighted by molar-refractivity contribution is -0.132. The summed E-state index contributed by atoms with van der Waals surface area (Å²) in [6.07, 6.45) is 1.67. The average molecular weight is 207 g/mol. The van der Waals surface area contributed by atoms with Gasteiger partial charge in [-0.3, -0.25) is 0 Å². The van der Waals surface area contributed by atoms with Crippen LogP contribution in [0.4, 0.5) is 0 Å². The minimum atomic E-state index is -0.981. The summed E-state index contributed by atoms with van der Waals surface area (Å²) in [5.74, 6) is -1.96. The fourth-order valence-electron chi connectivity index (χ4n) is 0. The van der Waals surface area contributed by atoms with Gasteiger partial charge in [0.05, 0.1) is 0 Å². The van der Waals surface area contributed by atoms with Gasteiger partial charge in [-0.15, -0.1) is 0 Å². The van der Waals surface area contributed by atoms with Crippen LogP contribution in [0.25, 0.3) is 0 Å². The fourth-order valence-corrected chi connectivity index (χ4v) is 0. The minimum absolute atomic E-state index is 0.833. The van der Waals surface area contributed by atoms with E-state index in [0.717, 1.165) is 12.2 Å². The van der Waals surface area contributed by atoms with Crippen molar-refractivity contribution >= 4 is 23.5 Å². The van der Waals surface area contributed by atoms with Crippen LogP contribution in [0.1, 0.15) is 0 Å². The third-order valence-electron chi connectivity index (χ3n) is 0.349. The number of rotatable bonds is 2. The van der Waals surface area contributed by atoms with Gasteiger partial charge in [0.2, 0.25) is 0 Å². The molecule has 0 aromatic rings. The molecule has 0 rings (SSSR count). The van der Waals surface area contributed by atoms with Crippen LogP contribution in [0, 0.1) is 0 Å². The summed E-state index contributed by atoms with van der Waals surface area (Å²) in [6.45, 7) is 9.05. The molecule has 0 spiro atoms. The molecule has 0 bridgehead atoms. The van der Waals surface area contributed by atoms with E-state index < -0.39 is 11.9 Å². The fraction of sp³-hybridized carbons (Fsp3) is 0. The van der Waals surface area contributed by atoms with E-state index in [-0.39, 0.29) is 0 Å². The van der Waals surface area contributed by atoms with E-state index in [1.54, 1.807) is 0 Å². The second-order valence-electron chi connectivity index (χ2n) is 1.24. The molecule has 0 aliphatic carbocycles. The summed E-state index contributed by atoms with van der Waals surface area (Å²) in [5, 5.41) is 15.2. The molecule has 0 aliphatic rings. The first kappa shape index (κ1) is 17.5. The van der Waals surface area contributed by atoms with Gasteiger partial charge in [-0.05, 0) is 5.54 Å². The Morgan fingerprint density at radius 1 is 1.00 bits per heavy atom. The second-order valence-corrected chi connectivity index (χ2v) is 1.55. The summed E-state index contributed by atoms with van der Waals surface area (Å²) in [6, 6.07) is 0. The first-order valence-electron chi connectivity index (χ1n) is 2.88. The number of carboxylic acid groups (broad SMARTS) is 2. The zero-order valence-electron chi connectivity index (χ0n) is 6.94. The van der Waals surface area contributed by atoms with Gasteiger partial charge in [0, 0.05) is 12.2 Å². The lowest BCUT2D eigenvalue weighted by Crippen LogP contribution is -1.82. The van der Waals surface area contributed by atoms with Crippen molar-refractivity contribution in [3.05, 3.63) is 37.4 Å². The standard InChI is InChI=1S/2C3H4O2.C2H3Cl/c2*1-2-3(4)5;1-2-3/h2*2H,1H2,(H,4,5);2H,1H2. The van der Waals surface area contributed by atoms with Crippen molar-refractivity contribution in [1.29, 1.82) is 0 Å². The van der Waals surface area contributed by atoms with Crippen molar-refractivity contribution < 1.29 is 19.8 Å². The number of carboxylic acids is 2. The lowest BCUT2D eigenvalue weighted by atomic mass is 10.7. The summed E-state index contributed by atoms with van der Waals surface area (Å²) >= 11 is 4.76. The molecule has 2 N–H and O–H groups in total. The maximum Gasteiger partial charge on any atom is 0.327 e. The molecule has 0 amide bonds. The third-order valence-corrected chi connectivity index (χ3v) is 0.349. The molecule has 13 heavy (non-hydrogen) atoms.